The van der Waals surface area contributed by atoms with E-state index in [2.05, 4.69) is 34.1 Å². The molecule has 0 N–H and O–H groups in total. The summed E-state index contributed by atoms with van der Waals surface area (Å²) < 4.78 is 21.9. The van der Waals surface area contributed by atoms with Crippen LogP contribution in [0.2, 0.25) is 0 Å². The van der Waals surface area contributed by atoms with Gasteiger partial charge in [0.1, 0.15) is 0 Å². The van der Waals surface area contributed by atoms with E-state index in [0.717, 1.165) is 42.6 Å². The lowest BCUT2D eigenvalue weighted by atomic mass is 9.89. The molecule has 6 heteroatoms. The summed E-state index contributed by atoms with van der Waals surface area (Å²) in [5, 5.41) is 0. The monoisotopic (exact) mass is 412 g/mol. The summed E-state index contributed by atoms with van der Waals surface area (Å²) in [6, 6.07) is 13.5. The fraction of sp³-hybridized carbons (Fsp3) is 0.500. The molecule has 2 aromatic rings. The van der Waals surface area contributed by atoms with Gasteiger partial charge in [-0.05, 0) is 49.1 Å². The standard InChI is InChI=1S/C24H32N2O4/c1-27-21-10-8-17(14-23(21)29-3)20-7-5-6-19-16-25(12-13-26(19)20)18-9-11-22(28-2)24(15-18)30-4/h8-11,14-15,19-20H,5-7,12-13,16H2,1-4H3/t19-,20?/m0/s1. The first-order chi connectivity index (χ1) is 14.7. The molecular weight excluding hydrogens is 380 g/mol. The summed E-state index contributed by atoms with van der Waals surface area (Å²) in [6.45, 7) is 3.06. The van der Waals surface area contributed by atoms with Gasteiger partial charge in [0.2, 0.25) is 0 Å². The van der Waals surface area contributed by atoms with Gasteiger partial charge in [-0.1, -0.05) is 6.07 Å². The fourth-order valence-corrected chi connectivity index (χ4v) is 4.92. The quantitative estimate of drug-likeness (QED) is 0.711. The average molecular weight is 413 g/mol. The molecule has 162 valence electrons. The topological polar surface area (TPSA) is 43.4 Å². The van der Waals surface area contributed by atoms with E-state index in [-0.39, 0.29) is 0 Å². The summed E-state index contributed by atoms with van der Waals surface area (Å²) in [4.78, 5) is 5.15. The number of piperidine rings is 1. The number of rotatable bonds is 6. The van der Waals surface area contributed by atoms with E-state index in [9.17, 15) is 0 Å². The number of methoxy groups -OCH3 is 4. The van der Waals surface area contributed by atoms with Gasteiger partial charge >= 0.3 is 0 Å². The lowest BCUT2D eigenvalue weighted by molar-refractivity contribution is 0.0715. The number of benzene rings is 2. The maximum Gasteiger partial charge on any atom is 0.162 e. The zero-order valence-electron chi connectivity index (χ0n) is 18.4. The Kier molecular flexibility index (Phi) is 6.23. The Morgan fingerprint density at radius 2 is 1.40 bits per heavy atom. The number of nitrogens with zero attached hydrogens (tertiary/aromatic N) is 2. The van der Waals surface area contributed by atoms with Crippen molar-refractivity contribution in [3.63, 3.8) is 0 Å². The second-order valence-corrected chi connectivity index (χ2v) is 7.94. The first-order valence-corrected chi connectivity index (χ1v) is 10.6. The first kappa shape index (κ1) is 20.7. The second-order valence-electron chi connectivity index (χ2n) is 7.94. The van der Waals surface area contributed by atoms with Gasteiger partial charge in [-0.25, -0.2) is 0 Å². The van der Waals surface area contributed by atoms with Crippen molar-refractivity contribution >= 4 is 5.69 Å². The number of piperazine rings is 1. The minimum Gasteiger partial charge on any atom is -0.493 e. The van der Waals surface area contributed by atoms with Crippen LogP contribution in [0.5, 0.6) is 23.0 Å². The maximum absolute atomic E-state index is 5.55. The second kappa shape index (κ2) is 9.04. The number of fused-ring (bicyclic) bond motifs is 1. The highest BCUT2D eigenvalue weighted by Crippen LogP contribution is 2.40. The van der Waals surface area contributed by atoms with Crippen molar-refractivity contribution in [2.24, 2.45) is 0 Å². The van der Waals surface area contributed by atoms with E-state index in [1.165, 1.54) is 30.5 Å². The van der Waals surface area contributed by atoms with Gasteiger partial charge in [-0.3, -0.25) is 4.90 Å². The number of ether oxygens (including phenoxy) is 4. The number of hydrogen-bond acceptors (Lipinski definition) is 6. The Morgan fingerprint density at radius 1 is 0.733 bits per heavy atom. The molecule has 2 aliphatic heterocycles. The van der Waals surface area contributed by atoms with E-state index < -0.39 is 0 Å². The predicted molar refractivity (Wildman–Crippen MR) is 118 cm³/mol. The van der Waals surface area contributed by atoms with Crippen molar-refractivity contribution in [1.29, 1.82) is 0 Å². The van der Waals surface area contributed by atoms with Gasteiger partial charge in [-0.15, -0.1) is 0 Å². The van der Waals surface area contributed by atoms with Gasteiger partial charge in [0.05, 0.1) is 28.4 Å². The van der Waals surface area contributed by atoms with Gasteiger partial charge in [0, 0.05) is 43.5 Å². The molecule has 2 saturated heterocycles. The summed E-state index contributed by atoms with van der Waals surface area (Å²) in [5.74, 6) is 3.14. The van der Waals surface area contributed by atoms with Crippen molar-refractivity contribution in [2.75, 3.05) is 53.0 Å². The van der Waals surface area contributed by atoms with Crippen LogP contribution in [0, 0.1) is 0 Å². The van der Waals surface area contributed by atoms with Gasteiger partial charge in [0.25, 0.3) is 0 Å². The lowest BCUT2D eigenvalue weighted by Gasteiger charge is -2.49. The molecule has 0 amide bonds. The van der Waals surface area contributed by atoms with Crippen LogP contribution in [0.15, 0.2) is 36.4 Å². The first-order valence-electron chi connectivity index (χ1n) is 10.6. The Balaban J connectivity index is 1.52. The molecule has 2 aromatic carbocycles. The molecule has 0 radical (unpaired) electrons. The van der Waals surface area contributed by atoms with E-state index >= 15 is 0 Å². The van der Waals surface area contributed by atoms with Gasteiger partial charge in [0.15, 0.2) is 23.0 Å². The number of anilines is 1. The molecule has 4 rings (SSSR count). The molecule has 0 spiro atoms. The maximum atomic E-state index is 5.55. The summed E-state index contributed by atoms with van der Waals surface area (Å²) in [6.07, 6.45) is 3.65. The molecule has 1 unspecified atom stereocenters. The zero-order valence-corrected chi connectivity index (χ0v) is 18.4. The van der Waals surface area contributed by atoms with Crippen LogP contribution in [0.3, 0.4) is 0 Å². The van der Waals surface area contributed by atoms with Crippen molar-refractivity contribution < 1.29 is 18.9 Å². The normalized spacial score (nSPS) is 21.7. The van der Waals surface area contributed by atoms with Crippen molar-refractivity contribution in [2.45, 2.75) is 31.3 Å². The molecule has 2 atom stereocenters. The fourth-order valence-electron chi connectivity index (χ4n) is 4.92. The van der Waals surface area contributed by atoms with E-state index in [1.807, 2.05) is 12.1 Å². The largest absolute Gasteiger partial charge is 0.493 e. The summed E-state index contributed by atoms with van der Waals surface area (Å²) >= 11 is 0. The molecular formula is C24H32N2O4. The Morgan fingerprint density at radius 3 is 2.10 bits per heavy atom. The molecule has 30 heavy (non-hydrogen) atoms. The molecule has 0 aliphatic carbocycles. The Hall–Kier alpha value is -2.60. The molecule has 0 aromatic heterocycles. The zero-order chi connectivity index (χ0) is 21.1. The molecule has 0 bridgehead atoms. The van der Waals surface area contributed by atoms with Crippen LogP contribution in [0.4, 0.5) is 5.69 Å². The third-order valence-corrected chi connectivity index (χ3v) is 6.47. The molecule has 0 saturated carbocycles. The van der Waals surface area contributed by atoms with Crippen molar-refractivity contribution in [3.8, 4) is 23.0 Å². The van der Waals surface area contributed by atoms with Crippen LogP contribution in [-0.2, 0) is 0 Å². The molecule has 2 aliphatic rings. The highest BCUT2D eigenvalue weighted by atomic mass is 16.5. The van der Waals surface area contributed by atoms with Gasteiger partial charge in [-0.2, -0.15) is 0 Å². The van der Waals surface area contributed by atoms with Crippen LogP contribution in [-0.4, -0.2) is 59.0 Å². The Labute approximate surface area is 179 Å². The van der Waals surface area contributed by atoms with Crippen LogP contribution in [0.1, 0.15) is 30.9 Å². The van der Waals surface area contributed by atoms with Crippen LogP contribution >= 0.6 is 0 Å². The van der Waals surface area contributed by atoms with Gasteiger partial charge < -0.3 is 23.8 Å². The summed E-state index contributed by atoms with van der Waals surface area (Å²) in [5.41, 5.74) is 2.51. The summed E-state index contributed by atoms with van der Waals surface area (Å²) in [7, 11) is 6.75. The van der Waals surface area contributed by atoms with Crippen LogP contribution in [0.25, 0.3) is 0 Å². The minimum absolute atomic E-state index is 0.427. The van der Waals surface area contributed by atoms with Crippen molar-refractivity contribution in [1.82, 2.24) is 4.90 Å². The Bertz CT molecular complexity index is 872. The number of hydrogen-bond donors (Lipinski definition) is 0. The van der Waals surface area contributed by atoms with E-state index in [4.69, 9.17) is 18.9 Å². The highest BCUT2D eigenvalue weighted by Gasteiger charge is 2.36. The SMILES string of the molecule is COc1ccc(C2CCC[C@H]3CN(c4ccc(OC)c(OC)c4)CCN23)cc1OC. The van der Waals surface area contributed by atoms with Crippen LogP contribution < -0.4 is 23.8 Å². The third kappa shape index (κ3) is 3.88. The van der Waals surface area contributed by atoms with E-state index in [0.29, 0.717) is 12.1 Å². The van der Waals surface area contributed by atoms with E-state index in [1.54, 1.807) is 28.4 Å². The smallest absolute Gasteiger partial charge is 0.162 e. The molecule has 2 heterocycles. The average Bonchev–Trinajstić information content (AvgIpc) is 2.82. The molecule has 6 nitrogen and oxygen atoms in total. The third-order valence-electron chi connectivity index (χ3n) is 6.47. The lowest BCUT2D eigenvalue weighted by Crippen LogP contribution is -2.55. The molecule has 2 fully saturated rings. The minimum atomic E-state index is 0.427. The predicted octanol–water partition coefficient (Wildman–Crippen LogP) is 4.14. The highest BCUT2D eigenvalue weighted by molar-refractivity contribution is 5.57. The van der Waals surface area contributed by atoms with Crippen molar-refractivity contribution in [3.05, 3.63) is 42.0 Å².